The Kier molecular flexibility index (Phi) is 4.20. The van der Waals surface area contributed by atoms with E-state index < -0.39 is 5.41 Å². The van der Waals surface area contributed by atoms with Crippen LogP contribution in [0.1, 0.15) is 26.2 Å². The topological polar surface area (TPSA) is 71.4 Å². The molecule has 5 nitrogen and oxygen atoms in total. The highest BCUT2D eigenvalue weighted by Gasteiger charge is 2.41. The van der Waals surface area contributed by atoms with Crippen LogP contribution in [-0.2, 0) is 14.3 Å². The Balaban J connectivity index is 1.95. The van der Waals surface area contributed by atoms with E-state index in [-0.39, 0.29) is 11.9 Å². The molecule has 2 fully saturated rings. The van der Waals surface area contributed by atoms with Gasteiger partial charge in [0, 0.05) is 31.8 Å². The summed E-state index contributed by atoms with van der Waals surface area (Å²) < 4.78 is 10.6. The van der Waals surface area contributed by atoms with E-state index in [9.17, 15) is 10.1 Å². The summed E-state index contributed by atoms with van der Waals surface area (Å²) in [5, 5.41) is 12.3. The summed E-state index contributed by atoms with van der Waals surface area (Å²) in [6.07, 6.45) is 1.95. The molecular weight excluding hydrogens is 232 g/mol. The van der Waals surface area contributed by atoms with E-state index in [4.69, 9.17) is 9.47 Å². The molecule has 2 rings (SSSR count). The third-order valence-electron chi connectivity index (χ3n) is 4.03. The summed E-state index contributed by atoms with van der Waals surface area (Å²) in [5.41, 5.74) is -0.897. The van der Waals surface area contributed by atoms with E-state index in [2.05, 4.69) is 11.4 Å². The van der Waals surface area contributed by atoms with Gasteiger partial charge in [0.05, 0.1) is 12.7 Å². The van der Waals surface area contributed by atoms with Crippen molar-refractivity contribution in [2.45, 2.75) is 32.2 Å². The van der Waals surface area contributed by atoms with E-state index in [1.807, 2.05) is 6.92 Å². The summed E-state index contributed by atoms with van der Waals surface area (Å²) in [4.78, 5) is 12.3. The molecule has 0 aromatic carbocycles. The molecule has 0 aliphatic carbocycles. The third-order valence-corrected chi connectivity index (χ3v) is 4.03. The van der Waals surface area contributed by atoms with Crippen molar-refractivity contribution in [3.8, 4) is 6.07 Å². The van der Waals surface area contributed by atoms with Gasteiger partial charge in [0.2, 0.25) is 5.91 Å². The van der Waals surface area contributed by atoms with Crippen LogP contribution in [0.2, 0.25) is 0 Å². The van der Waals surface area contributed by atoms with Crippen molar-refractivity contribution in [1.29, 1.82) is 5.26 Å². The van der Waals surface area contributed by atoms with E-state index >= 15 is 0 Å². The van der Waals surface area contributed by atoms with Crippen LogP contribution in [0, 0.1) is 22.7 Å². The van der Waals surface area contributed by atoms with Gasteiger partial charge in [0.15, 0.2) is 0 Å². The molecular formula is C13H20N2O3. The molecule has 1 N–H and O–H groups in total. The average molecular weight is 252 g/mol. The molecule has 0 aromatic heterocycles. The first-order valence-corrected chi connectivity index (χ1v) is 6.56. The maximum atomic E-state index is 12.3. The Hall–Kier alpha value is -1.12. The molecule has 0 bridgehead atoms. The first-order chi connectivity index (χ1) is 8.68. The van der Waals surface area contributed by atoms with Gasteiger partial charge in [-0.05, 0) is 26.2 Å². The minimum atomic E-state index is -0.897. The van der Waals surface area contributed by atoms with Crippen molar-refractivity contribution in [3.05, 3.63) is 0 Å². The lowest BCUT2D eigenvalue weighted by molar-refractivity contribution is -0.133. The summed E-state index contributed by atoms with van der Waals surface area (Å²) in [6, 6.07) is 2.25. The molecule has 0 saturated carbocycles. The maximum absolute atomic E-state index is 12.3. The Morgan fingerprint density at radius 3 is 2.67 bits per heavy atom. The highest BCUT2D eigenvalue weighted by Crippen LogP contribution is 2.30. The van der Waals surface area contributed by atoms with Gasteiger partial charge in [-0.3, -0.25) is 4.79 Å². The molecule has 2 atom stereocenters. The van der Waals surface area contributed by atoms with E-state index in [0.717, 1.165) is 13.0 Å². The van der Waals surface area contributed by atoms with Gasteiger partial charge in [-0.1, -0.05) is 0 Å². The fraction of sp³-hybridized carbons (Fsp3) is 0.846. The van der Waals surface area contributed by atoms with Crippen LogP contribution in [0.5, 0.6) is 0 Å². The van der Waals surface area contributed by atoms with Crippen molar-refractivity contribution in [1.82, 2.24) is 5.32 Å². The molecule has 2 heterocycles. The van der Waals surface area contributed by atoms with Crippen molar-refractivity contribution in [2.24, 2.45) is 11.3 Å². The van der Waals surface area contributed by atoms with Gasteiger partial charge in [-0.25, -0.2) is 0 Å². The predicted molar refractivity (Wildman–Crippen MR) is 64.6 cm³/mol. The Morgan fingerprint density at radius 1 is 1.39 bits per heavy atom. The lowest BCUT2D eigenvalue weighted by Crippen LogP contribution is -2.48. The quantitative estimate of drug-likeness (QED) is 0.808. The molecule has 2 saturated heterocycles. The van der Waals surface area contributed by atoms with E-state index in [1.165, 1.54) is 0 Å². The number of hydrogen-bond donors (Lipinski definition) is 1. The molecule has 2 aliphatic heterocycles. The Bertz CT molecular complexity index is 339. The highest BCUT2D eigenvalue weighted by molar-refractivity contribution is 5.85. The fourth-order valence-corrected chi connectivity index (χ4v) is 2.52. The minimum absolute atomic E-state index is 0.0630. The summed E-state index contributed by atoms with van der Waals surface area (Å²) >= 11 is 0. The summed E-state index contributed by atoms with van der Waals surface area (Å²) in [7, 11) is 0. The van der Waals surface area contributed by atoms with Crippen LogP contribution in [-0.4, -0.2) is 38.4 Å². The van der Waals surface area contributed by atoms with Crippen LogP contribution in [0.3, 0.4) is 0 Å². The zero-order chi connectivity index (χ0) is 13.0. The van der Waals surface area contributed by atoms with Gasteiger partial charge < -0.3 is 14.8 Å². The van der Waals surface area contributed by atoms with Crippen LogP contribution < -0.4 is 5.32 Å². The number of carbonyl (C=O) groups is 1. The second-order valence-corrected chi connectivity index (χ2v) is 5.19. The number of ether oxygens (including phenoxy) is 2. The summed E-state index contributed by atoms with van der Waals surface area (Å²) in [5.74, 6) is 0.220. The minimum Gasteiger partial charge on any atom is -0.381 e. The Labute approximate surface area is 107 Å². The molecule has 5 heteroatoms. The van der Waals surface area contributed by atoms with Gasteiger partial charge >= 0.3 is 0 Å². The number of nitriles is 1. The zero-order valence-electron chi connectivity index (χ0n) is 10.8. The number of amides is 1. The molecule has 1 amide bonds. The third kappa shape index (κ3) is 2.65. The largest absolute Gasteiger partial charge is 0.381 e. The van der Waals surface area contributed by atoms with Crippen molar-refractivity contribution in [3.63, 3.8) is 0 Å². The SMILES string of the molecule is CC(NC(=O)C1(C#N)CCOCC1)C1CCOC1. The fourth-order valence-electron chi connectivity index (χ4n) is 2.52. The normalized spacial score (nSPS) is 28.3. The van der Waals surface area contributed by atoms with Crippen LogP contribution >= 0.6 is 0 Å². The van der Waals surface area contributed by atoms with Gasteiger partial charge in [0.1, 0.15) is 5.41 Å². The maximum Gasteiger partial charge on any atom is 0.240 e. The molecule has 0 aromatic rings. The number of carbonyl (C=O) groups excluding carboxylic acids is 1. The van der Waals surface area contributed by atoms with Crippen molar-refractivity contribution in [2.75, 3.05) is 26.4 Å². The number of nitrogens with one attached hydrogen (secondary N) is 1. The lowest BCUT2D eigenvalue weighted by atomic mass is 9.80. The number of hydrogen-bond acceptors (Lipinski definition) is 4. The average Bonchev–Trinajstić information content (AvgIpc) is 2.93. The molecule has 2 aliphatic rings. The van der Waals surface area contributed by atoms with Crippen molar-refractivity contribution >= 4 is 5.91 Å². The van der Waals surface area contributed by atoms with E-state index in [1.54, 1.807) is 0 Å². The number of nitrogens with zero attached hydrogens (tertiary/aromatic N) is 1. The smallest absolute Gasteiger partial charge is 0.240 e. The molecule has 100 valence electrons. The van der Waals surface area contributed by atoms with Gasteiger partial charge in [-0.15, -0.1) is 0 Å². The first kappa shape index (κ1) is 13.3. The van der Waals surface area contributed by atoms with Crippen molar-refractivity contribution < 1.29 is 14.3 Å². The Morgan fingerprint density at radius 2 is 2.11 bits per heavy atom. The molecule has 18 heavy (non-hydrogen) atoms. The predicted octanol–water partition coefficient (Wildman–Crippen LogP) is 0.848. The monoisotopic (exact) mass is 252 g/mol. The van der Waals surface area contributed by atoms with Gasteiger partial charge in [-0.2, -0.15) is 5.26 Å². The number of rotatable bonds is 3. The van der Waals surface area contributed by atoms with Gasteiger partial charge in [0.25, 0.3) is 0 Å². The standard InChI is InChI=1S/C13H20N2O3/c1-10(11-2-5-18-8-11)15-12(16)13(9-14)3-6-17-7-4-13/h10-11H,2-8H2,1H3,(H,15,16). The second-order valence-electron chi connectivity index (χ2n) is 5.19. The zero-order valence-corrected chi connectivity index (χ0v) is 10.8. The van der Waals surface area contributed by atoms with Crippen LogP contribution in [0.15, 0.2) is 0 Å². The first-order valence-electron chi connectivity index (χ1n) is 6.56. The molecule has 2 unspecified atom stereocenters. The molecule has 0 spiro atoms. The van der Waals surface area contributed by atoms with E-state index in [0.29, 0.717) is 38.6 Å². The second kappa shape index (κ2) is 5.68. The lowest BCUT2D eigenvalue weighted by Gasteiger charge is -2.31. The molecule has 0 radical (unpaired) electrons. The highest BCUT2D eigenvalue weighted by atomic mass is 16.5. The summed E-state index contributed by atoms with van der Waals surface area (Å²) in [6.45, 7) is 4.43. The van der Waals surface area contributed by atoms with Crippen LogP contribution in [0.25, 0.3) is 0 Å². The van der Waals surface area contributed by atoms with Crippen LogP contribution in [0.4, 0.5) is 0 Å².